The van der Waals surface area contributed by atoms with Crippen LogP contribution in [0.2, 0.25) is 0 Å². The number of terminal acetylenes is 1. The molecule has 1 aromatic carbocycles. The number of hydrogen-bond acceptors (Lipinski definition) is 1. The van der Waals surface area contributed by atoms with E-state index in [4.69, 9.17) is 6.42 Å². The normalized spacial score (nSPS) is 9.94. The van der Waals surface area contributed by atoms with Crippen molar-refractivity contribution in [3.05, 3.63) is 35.1 Å². The molecule has 0 aliphatic heterocycles. The van der Waals surface area contributed by atoms with Crippen molar-refractivity contribution in [2.24, 2.45) is 0 Å². The van der Waals surface area contributed by atoms with E-state index in [-0.39, 0.29) is 6.54 Å². The van der Waals surface area contributed by atoms with Crippen molar-refractivity contribution in [3.63, 3.8) is 0 Å². The second-order valence-corrected chi connectivity index (χ2v) is 3.65. The molecule has 0 saturated carbocycles. The van der Waals surface area contributed by atoms with E-state index in [1.165, 1.54) is 4.90 Å². The van der Waals surface area contributed by atoms with Crippen LogP contribution in [-0.2, 0) is 0 Å². The van der Waals surface area contributed by atoms with Gasteiger partial charge >= 0.3 is 0 Å². The first-order chi connectivity index (χ1) is 8.52. The zero-order valence-electron chi connectivity index (χ0n) is 9.84. The van der Waals surface area contributed by atoms with Gasteiger partial charge in [-0.25, -0.2) is 13.2 Å². The van der Waals surface area contributed by atoms with Crippen molar-refractivity contribution in [2.75, 3.05) is 13.1 Å². The summed E-state index contributed by atoms with van der Waals surface area (Å²) < 4.78 is 39.2. The van der Waals surface area contributed by atoms with Gasteiger partial charge in [0.05, 0.1) is 12.1 Å². The molecular formula is C13H12F3NO. The van der Waals surface area contributed by atoms with Crippen LogP contribution in [0.1, 0.15) is 23.7 Å². The molecule has 0 aliphatic rings. The minimum Gasteiger partial charge on any atom is -0.327 e. The first kappa shape index (κ1) is 14.1. The Morgan fingerprint density at radius 1 is 1.33 bits per heavy atom. The SMILES string of the molecule is C#CCN(CCC)C(=O)c1ccc(F)c(F)c1F. The van der Waals surface area contributed by atoms with Crippen molar-refractivity contribution in [3.8, 4) is 12.3 Å². The van der Waals surface area contributed by atoms with Crippen molar-refractivity contribution in [2.45, 2.75) is 13.3 Å². The Labute approximate surface area is 103 Å². The Morgan fingerprint density at radius 2 is 2.00 bits per heavy atom. The smallest absolute Gasteiger partial charge is 0.257 e. The summed E-state index contributed by atoms with van der Waals surface area (Å²) in [5.41, 5.74) is -0.516. The van der Waals surface area contributed by atoms with E-state index >= 15 is 0 Å². The zero-order valence-corrected chi connectivity index (χ0v) is 9.84. The summed E-state index contributed by atoms with van der Waals surface area (Å²) >= 11 is 0. The minimum absolute atomic E-state index is 0.00882. The molecular weight excluding hydrogens is 243 g/mol. The van der Waals surface area contributed by atoms with Gasteiger partial charge in [-0.15, -0.1) is 6.42 Å². The second kappa shape index (κ2) is 6.10. The lowest BCUT2D eigenvalue weighted by atomic mass is 10.1. The standard InChI is InChI=1S/C13H12F3NO/c1-3-7-17(8-4-2)13(18)9-5-6-10(14)12(16)11(9)15/h1,5-6H,4,7-8H2,2H3. The Bertz CT molecular complexity index is 494. The lowest BCUT2D eigenvalue weighted by molar-refractivity contribution is 0.0771. The molecule has 1 aromatic rings. The molecule has 0 N–H and O–H groups in total. The molecule has 0 atom stereocenters. The molecule has 0 aromatic heterocycles. The summed E-state index contributed by atoms with van der Waals surface area (Å²) in [6.45, 7) is 2.13. The molecule has 5 heteroatoms. The number of rotatable bonds is 4. The summed E-state index contributed by atoms with van der Waals surface area (Å²) in [5.74, 6) is -2.95. The third kappa shape index (κ3) is 2.83. The highest BCUT2D eigenvalue weighted by Gasteiger charge is 2.22. The van der Waals surface area contributed by atoms with E-state index in [2.05, 4.69) is 5.92 Å². The van der Waals surface area contributed by atoms with Crippen molar-refractivity contribution in [1.29, 1.82) is 0 Å². The summed E-state index contributed by atoms with van der Waals surface area (Å²) in [6.07, 6.45) is 5.72. The average molecular weight is 255 g/mol. The molecule has 2 nitrogen and oxygen atoms in total. The van der Waals surface area contributed by atoms with Crippen molar-refractivity contribution in [1.82, 2.24) is 4.90 Å². The van der Waals surface area contributed by atoms with Gasteiger partial charge in [-0.2, -0.15) is 0 Å². The van der Waals surface area contributed by atoms with Crippen molar-refractivity contribution < 1.29 is 18.0 Å². The van der Waals surface area contributed by atoms with Gasteiger partial charge in [-0.05, 0) is 18.6 Å². The zero-order chi connectivity index (χ0) is 13.7. The highest BCUT2D eigenvalue weighted by atomic mass is 19.2. The van der Waals surface area contributed by atoms with E-state index in [1.54, 1.807) is 0 Å². The number of benzene rings is 1. The van der Waals surface area contributed by atoms with Gasteiger partial charge in [0.25, 0.3) is 5.91 Å². The first-order valence-electron chi connectivity index (χ1n) is 5.39. The number of carbonyl (C=O) groups excluding carboxylic acids is 1. The fourth-order valence-corrected chi connectivity index (χ4v) is 1.49. The predicted molar refractivity (Wildman–Crippen MR) is 61.3 cm³/mol. The molecule has 0 bridgehead atoms. The Morgan fingerprint density at radius 3 is 2.56 bits per heavy atom. The van der Waals surface area contributed by atoms with Crippen LogP contribution in [0, 0.1) is 29.8 Å². The number of amides is 1. The van der Waals surface area contributed by atoms with Gasteiger partial charge in [-0.1, -0.05) is 12.8 Å². The summed E-state index contributed by atoms with van der Waals surface area (Å²) in [6, 6.07) is 1.63. The maximum Gasteiger partial charge on any atom is 0.257 e. The largest absolute Gasteiger partial charge is 0.327 e. The summed E-state index contributed by atoms with van der Waals surface area (Å²) in [4.78, 5) is 13.1. The van der Waals surface area contributed by atoms with Gasteiger partial charge in [0, 0.05) is 6.54 Å². The molecule has 0 heterocycles. The quantitative estimate of drug-likeness (QED) is 0.598. The number of nitrogens with zero attached hydrogens (tertiary/aromatic N) is 1. The summed E-state index contributed by atoms with van der Waals surface area (Å²) in [7, 11) is 0. The van der Waals surface area contributed by atoms with E-state index < -0.39 is 28.9 Å². The monoisotopic (exact) mass is 255 g/mol. The van der Waals surface area contributed by atoms with Crippen LogP contribution in [0.3, 0.4) is 0 Å². The lowest BCUT2D eigenvalue weighted by Gasteiger charge is -2.19. The fraction of sp³-hybridized carbons (Fsp3) is 0.308. The van der Waals surface area contributed by atoms with Crippen LogP contribution in [0.5, 0.6) is 0 Å². The molecule has 0 spiro atoms. The van der Waals surface area contributed by atoms with Gasteiger partial charge in [0.15, 0.2) is 17.5 Å². The van der Waals surface area contributed by atoms with E-state index in [1.807, 2.05) is 6.92 Å². The number of hydrogen-bond donors (Lipinski definition) is 0. The summed E-state index contributed by atoms with van der Waals surface area (Å²) in [5, 5.41) is 0. The molecule has 18 heavy (non-hydrogen) atoms. The number of halogens is 3. The van der Waals surface area contributed by atoms with Crippen LogP contribution in [0.25, 0.3) is 0 Å². The molecule has 0 aliphatic carbocycles. The van der Waals surface area contributed by atoms with E-state index in [0.29, 0.717) is 19.0 Å². The molecule has 0 fully saturated rings. The van der Waals surface area contributed by atoms with Gasteiger partial charge in [-0.3, -0.25) is 4.79 Å². The van der Waals surface area contributed by atoms with Crippen LogP contribution < -0.4 is 0 Å². The van der Waals surface area contributed by atoms with Crippen LogP contribution >= 0.6 is 0 Å². The highest BCUT2D eigenvalue weighted by molar-refractivity contribution is 5.94. The Hall–Kier alpha value is -1.96. The van der Waals surface area contributed by atoms with Gasteiger partial charge in [0.2, 0.25) is 0 Å². The lowest BCUT2D eigenvalue weighted by Crippen LogP contribution is -2.33. The first-order valence-corrected chi connectivity index (χ1v) is 5.39. The van der Waals surface area contributed by atoms with Gasteiger partial charge < -0.3 is 4.90 Å². The topological polar surface area (TPSA) is 20.3 Å². The van der Waals surface area contributed by atoms with Crippen LogP contribution in [0.4, 0.5) is 13.2 Å². The number of carbonyl (C=O) groups is 1. The van der Waals surface area contributed by atoms with Crippen LogP contribution in [-0.4, -0.2) is 23.9 Å². The maximum atomic E-state index is 13.4. The van der Waals surface area contributed by atoms with E-state index in [9.17, 15) is 18.0 Å². The highest BCUT2D eigenvalue weighted by Crippen LogP contribution is 2.17. The molecule has 0 saturated heterocycles. The van der Waals surface area contributed by atoms with Crippen molar-refractivity contribution >= 4 is 5.91 Å². The second-order valence-electron chi connectivity index (χ2n) is 3.65. The molecule has 0 unspecified atom stereocenters. The van der Waals surface area contributed by atoms with E-state index in [0.717, 1.165) is 6.07 Å². The third-order valence-corrected chi connectivity index (χ3v) is 2.33. The molecule has 0 radical (unpaired) electrons. The Balaban J connectivity index is 3.10. The van der Waals surface area contributed by atoms with Gasteiger partial charge in [0.1, 0.15) is 0 Å². The van der Waals surface area contributed by atoms with Crippen LogP contribution in [0.15, 0.2) is 12.1 Å². The third-order valence-electron chi connectivity index (χ3n) is 2.33. The maximum absolute atomic E-state index is 13.4. The predicted octanol–water partition coefficient (Wildman–Crippen LogP) is 2.59. The molecule has 1 rings (SSSR count). The Kier molecular flexibility index (Phi) is 4.78. The molecule has 1 amide bonds. The minimum atomic E-state index is -1.65. The fourth-order valence-electron chi connectivity index (χ4n) is 1.49. The molecule has 96 valence electrons. The average Bonchev–Trinajstić information content (AvgIpc) is 2.35.